The van der Waals surface area contributed by atoms with E-state index in [1.54, 1.807) is 0 Å². The summed E-state index contributed by atoms with van der Waals surface area (Å²) in [6, 6.07) is 27.2. The van der Waals surface area contributed by atoms with E-state index in [0.717, 1.165) is 46.7 Å². The average Bonchev–Trinajstić information content (AvgIpc) is 3.27. The number of ether oxygens (including phenoxy) is 2. The summed E-state index contributed by atoms with van der Waals surface area (Å²) in [5.74, 6) is 1.01. The van der Waals surface area contributed by atoms with Gasteiger partial charge in [0.1, 0.15) is 11.5 Å². The van der Waals surface area contributed by atoms with Crippen LogP contribution in [0.2, 0.25) is 5.02 Å². The van der Waals surface area contributed by atoms with Gasteiger partial charge in [0, 0.05) is 51.4 Å². The first kappa shape index (κ1) is 26.3. The highest BCUT2D eigenvalue weighted by molar-refractivity contribution is 6.30. The van der Waals surface area contributed by atoms with Crippen molar-refractivity contribution < 1.29 is 14.3 Å². The molecule has 0 radical (unpaired) electrons. The van der Waals surface area contributed by atoms with Crippen molar-refractivity contribution >= 4 is 34.6 Å². The second kappa shape index (κ2) is 11.3. The number of unbranched alkanes of at least 4 members (excludes halogenated alkanes) is 5. The number of fused-ring (bicyclic) bond motifs is 6. The number of carbonyl (C=O) groups excluding carboxylic acids is 1. The third kappa shape index (κ3) is 4.90. The highest BCUT2D eigenvalue weighted by atomic mass is 35.5. The zero-order chi connectivity index (χ0) is 27.5. The summed E-state index contributed by atoms with van der Waals surface area (Å²) in [6.45, 7) is 3.15. The fourth-order valence-electron chi connectivity index (χ4n) is 5.70. The Balaban J connectivity index is 1.34. The van der Waals surface area contributed by atoms with Crippen molar-refractivity contribution in [2.24, 2.45) is 0 Å². The van der Waals surface area contributed by atoms with Gasteiger partial charge in [0.25, 0.3) is 0 Å². The summed E-state index contributed by atoms with van der Waals surface area (Å²) in [5.41, 5.74) is 4.63. The lowest BCUT2D eigenvalue weighted by Crippen LogP contribution is -2.33. The molecule has 5 nitrogen and oxygen atoms in total. The first-order valence-corrected chi connectivity index (χ1v) is 14.5. The molecule has 40 heavy (non-hydrogen) atoms. The smallest absolute Gasteiger partial charge is 0.340 e. The van der Waals surface area contributed by atoms with Crippen molar-refractivity contribution in [2.45, 2.75) is 51.0 Å². The Labute approximate surface area is 240 Å². The molecule has 0 aromatic heterocycles. The van der Waals surface area contributed by atoms with Crippen molar-refractivity contribution in [3.63, 3.8) is 0 Å². The van der Waals surface area contributed by atoms with Crippen LogP contribution in [0.1, 0.15) is 72.5 Å². The standard InChI is InChI=1S/C34H33ClN2O3/c1-2-3-4-5-6-9-20-36-25-16-18-29-32(22-25)39-31-19-17-26(37-24-14-12-23(35)13-15-24)21-30(31)34(29)28-11-8-7-10-27(28)33(38)40-34/h7-8,10-19,21-22,36-37H,2-6,9,20H2,1H3. The van der Waals surface area contributed by atoms with Gasteiger partial charge < -0.3 is 20.1 Å². The molecule has 2 heterocycles. The zero-order valence-corrected chi connectivity index (χ0v) is 23.4. The predicted molar refractivity (Wildman–Crippen MR) is 161 cm³/mol. The van der Waals surface area contributed by atoms with E-state index >= 15 is 0 Å². The third-order valence-electron chi connectivity index (χ3n) is 7.70. The molecule has 0 aliphatic carbocycles. The molecule has 2 N–H and O–H groups in total. The average molecular weight is 553 g/mol. The van der Waals surface area contributed by atoms with E-state index in [9.17, 15) is 4.79 Å². The molecule has 0 saturated heterocycles. The van der Waals surface area contributed by atoms with E-state index in [-0.39, 0.29) is 5.97 Å². The molecule has 2 aliphatic heterocycles. The van der Waals surface area contributed by atoms with Crippen molar-refractivity contribution in [1.29, 1.82) is 0 Å². The Morgan fingerprint density at radius 2 is 1.48 bits per heavy atom. The van der Waals surface area contributed by atoms with Gasteiger partial charge in [0.05, 0.1) is 5.56 Å². The van der Waals surface area contributed by atoms with Crippen LogP contribution in [-0.2, 0) is 10.3 Å². The minimum atomic E-state index is -1.11. The van der Waals surface area contributed by atoms with Gasteiger partial charge in [-0.3, -0.25) is 0 Å². The lowest BCUT2D eigenvalue weighted by molar-refractivity contribution is 0.0224. The number of nitrogens with one attached hydrogen (secondary N) is 2. The highest BCUT2D eigenvalue weighted by Crippen LogP contribution is 2.56. The second-order valence-corrected chi connectivity index (χ2v) is 10.9. The van der Waals surface area contributed by atoms with E-state index in [4.69, 9.17) is 21.1 Å². The molecular formula is C34H33ClN2O3. The van der Waals surface area contributed by atoms with Crippen LogP contribution < -0.4 is 15.4 Å². The Hall–Kier alpha value is -3.96. The van der Waals surface area contributed by atoms with Crippen LogP contribution in [0.5, 0.6) is 11.5 Å². The summed E-state index contributed by atoms with van der Waals surface area (Å²) in [5, 5.41) is 7.66. The topological polar surface area (TPSA) is 59.6 Å². The lowest BCUT2D eigenvalue weighted by Gasteiger charge is -2.37. The number of benzene rings is 4. The molecule has 6 rings (SSSR count). The van der Waals surface area contributed by atoms with Gasteiger partial charge in [-0.15, -0.1) is 0 Å². The molecule has 204 valence electrons. The largest absolute Gasteiger partial charge is 0.456 e. The molecule has 1 unspecified atom stereocenters. The first-order chi connectivity index (χ1) is 19.6. The molecule has 0 saturated carbocycles. The van der Waals surface area contributed by atoms with Gasteiger partial charge in [0.2, 0.25) is 0 Å². The summed E-state index contributed by atoms with van der Waals surface area (Å²) in [6.07, 6.45) is 7.51. The highest BCUT2D eigenvalue weighted by Gasteiger charge is 2.53. The summed E-state index contributed by atoms with van der Waals surface area (Å²) >= 11 is 6.07. The van der Waals surface area contributed by atoms with Crippen LogP contribution in [0.25, 0.3) is 0 Å². The van der Waals surface area contributed by atoms with E-state index < -0.39 is 5.60 Å². The van der Waals surface area contributed by atoms with Gasteiger partial charge in [-0.1, -0.05) is 68.8 Å². The number of rotatable bonds is 10. The van der Waals surface area contributed by atoms with Gasteiger partial charge in [-0.25, -0.2) is 4.79 Å². The van der Waals surface area contributed by atoms with Crippen LogP contribution in [-0.4, -0.2) is 12.5 Å². The molecular weight excluding hydrogens is 520 g/mol. The SMILES string of the molecule is CCCCCCCCNc1ccc2c(c1)Oc1ccc(Nc3ccc(Cl)cc3)cc1C21OC(=O)c2ccccc21. The van der Waals surface area contributed by atoms with Crippen LogP contribution in [0.4, 0.5) is 17.1 Å². The molecule has 4 aromatic rings. The normalized spacial score (nSPS) is 16.5. The minimum Gasteiger partial charge on any atom is -0.456 e. The number of esters is 1. The Bertz CT molecular complexity index is 1530. The Morgan fingerprint density at radius 3 is 2.33 bits per heavy atom. The van der Waals surface area contributed by atoms with Crippen LogP contribution in [0.15, 0.2) is 84.9 Å². The van der Waals surface area contributed by atoms with Crippen LogP contribution in [0, 0.1) is 0 Å². The maximum Gasteiger partial charge on any atom is 0.340 e. The van der Waals surface area contributed by atoms with Crippen LogP contribution >= 0.6 is 11.6 Å². The van der Waals surface area contributed by atoms with Gasteiger partial charge >= 0.3 is 5.97 Å². The maximum absolute atomic E-state index is 13.2. The molecule has 0 bridgehead atoms. The predicted octanol–water partition coefficient (Wildman–Crippen LogP) is 9.42. The molecule has 1 atom stereocenters. The summed E-state index contributed by atoms with van der Waals surface area (Å²) in [7, 11) is 0. The monoisotopic (exact) mass is 552 g/mol. The summed E-state index contributed by atoms with van der Waals surface area (Å²) in [4.78, 5) is 13.2. The van der Waals surface area contributed by atoms with Crippen molar-refractivity contribution in [2.75, 3.05) is 17.2 Å². The van der Waals surface area contributed by atoms with Crippen molar-refractivity contribution in [3.05, 3.63) is 112 Å². The van der Waals surface area contributed by atoms with Crippen LogP contribution in [0.3, 0.4) is 0 Å². The van der Waals surface area contributed by atoms with E-state index in [1.807, 2.05) is 78.9 Å². The number of halogens is 1. The fourth-order valence-corrected chi connectivity index (χ4v) is 5.82. The quantitative estimate of drug-likeness (QED) is 0.151. The first-order valence-electron chi connectivity index (χ1n) is 14.1. The molecule has 4 aromatic carbocycles. The van der Waals surface area contributed by atoms with Gasteiger partial charge in [-0.05, 0) is 67.1 Å². The molecule has 0 amide bonds. The molecule has 0 fully saturated rings. The third-order valence-corrected chi connectivity index (χ3v) is 7.96. The van der Waals surface area contributed by atoms with Crippen molar-refractivity contribution in [1.82, 2.24) is 0 Å². The van der Waals surface area contributed by atoms with E-state index in [1.165, 1.54) is 32.1 Å². The lowest BCUT2D eigenvalue weighted by atomic mass is 9.77. The number of anilines is 3. The zero-order valence-electron chi connectivity index (χ0n) is 22.6. The second-order valence-electron chi connectivity index (χ2n) is 10.5. The van der Waals surface area contributed by atoms with Gasteiger partial charge in [-0.2, -0.15) is 0 Å². The Kier molecular flexibility index (Phi) is 7.40. The molecule has 6 heteroatoms. The fraction of sp³-hybridized carbons (Fsp3) is 0.265. The molecule has 2 aliphatic rings. The number of carbonyl (C=O) groups is 1. The van der Waals surface area contributed by atoms with Gasteiger partial charge in [0.15, 0.2) is 5.60 Å². The van der Waals surface area contributed by atoms with Crippen molar-refractivity contribution in [3.8, 4) is 11.5 Å². The molecule has 1 spiro atoms. The number of hydrogen-bond donors (Lipinski definition) is 2. The van der Waals surface area contributed by atoms with E-state index in [2.05, 4.69) is 23.6 Å². The maximum atomic E-state index is 13.2. The number of hydrogen-bond acceptors (Lipinski definition) is 5. The van der Waals surface area contributed by atoms with E-state index in [0.29, 0.717) is 22.1 Å². The summed E-state index contributed by atoms with van der Waals surface area (Å²) < 4.78 is 12.8. The Morgan fingerprint density at radius 1 is 0.725 bits per heavy atom. The minimum absolute atomic E-state index is 0.337.